The Kier molecular flexibility index (Phi) is 5.40. The van der Waals surface area contributed by atoms with E-state index >= 15 is 0 Å². The van der Waals surface area contributed by atoms with Crippen LogP contribution in [0.3, 0.4) is 0 Å². The molecule has 0 bridgehead atoms. The summed E-state index contributed by atoms with van der Waals surface area (Å²) >= 11 is 1.77. The lowest BCUT2D eigenvalue weighted by Crippen LogP contribution is -2.48. The van der Waals surface area contributed by atoms with E-state index < -0.39 is 0 Å². The van der Waals surface area contributed by atoms with E-state index in [4.69, 9.17) is 5.73 Å². The number of nitrogens with two attached hydrogens (primary N) is 1. The summed E-state index contributed by atoms with van der Waals surface area (Å²) in [5.41, 5.74) is 6.08. The molecule has 2 atom stereocenters. The summed E-state index contributed by atoms with van der Waals surface area (Å²) in [5.74, 6) is 0.789. The van der Waals surface area contributed by atoms with Gasteiger partial charge in [-0.1, -0.05) is 19.4 Å². The van der Waals surface area contributed by atoms with Crippen LogP contribution in [-0.4, -0.2) is 29.9 Å². The quantitative estimate of drug-likeness (QED) is 0.901. The SMILES string of the molecule is CCC1CN(C(=O)CCCc2cccs2)CCC1N. The van der Waals surface area contributed by atoms with Gasteiger partial charge in [-0.2, -0.15) is 0 Å². The molecule has 0 aromatic carbocycles. The number of nitrogens with zero attached hydrogens (tertiary/aromatic N) is 1. The van der Waals surface area contributed by atoms with Crippen molar-refractivity contribution >= 4 is 17.2 Å². The summed E-state index contributed by atoms with van der Waals surface area (Å²) in [7, 11) is 0. The lowest BCUT2D eigenvalue weighted by Gasteiger charge is -2.36. The van der Waals surface area contributed by atoms with Crippen molar-refractivity contribution in [3.05, 3.63) is 22.4 Å². The molecular formula is C15H24N2OS. The minimum atomic E-state index is 0.278. The van der Waals surface area contributed by atoms with Crippen molar-refractivity contribution in [3.63, 3.8) is 0 Å². The number of hydrogen-bond acceptors (Lipinski definition) is 3. The zero-order chi connectivity index (χ0) is 13.7. The lowest BCUT2D eigenvalue weighted by atomic mass is 9.90. The van der Waals surface area contributed by atoms with Gasteiger partial charge in [-0.05, 0) is 36.6 Å². The van der Waals surface area contributed by atoms with Crippen LogP contribution in [0.4, 0.5) is 0 Å². The molecule has 3 nitrogen and oxygen atoms in total. The van der Waals surface area contributed by atoms with Crippen molar-refractivity contribution in [2.75, 3.05) is 13.1 Å². The number of amides is 1. The van der Waals surface area contributed by atoms with E-state index in [1.807, 2.05) is 4.90 Å². The third-order valence-corrected chi connectivity index (χ3v) is 5.00. The fourth-order valence-corrected chi connectivity index (χ4v) is 3.49. The highest BCUT2D eigenvalue weighted by Gasteiger charge is 2.27. The molecule has 0 aliphatic carbocycles. The number of aryl methyl sites for hydroxylation is 1. The largest absolute Gasteiger partial charge is 0.342 e. The van der Waals surface area contributed by atoms with Crippen LogP contribution in [0.15, 0.2) is 17.5 Å². The highest BCUT2D eigenvalue weighted by molar-refractivity contribution is 7.09. The normalized spacial score (nSPS) is 23.6. The van der Waals surface area contributed by atoms with E-state index in [-0.39, 0.29) is 6.04 Å². The molecule has 2 unspecified atom stereocenters. The van der Waals surface area contributed by atoms with Crippen LogP contribution in [0.2, 0.25) is 0 Å². The van der Waals surface area contributed by atoms with Crippen LogP contribution in [0.5, 0.6) is 0 Å². The summed E-state index contributed by atoms with van der Waals surface area (Å²) in [5, 5.41) is 2.09. The van der Waals surface area contributed by atoms with Gasteiger partial charge < -0.3 is 10.6 Å². The van der Waals surface area contributed by atoms with E-state index in [1.54, 1.807) is 11.3 Å². The lowest BCUT2D eigenvalue weighted by molar-refractivity contribution is -0.133. The van der Waals surface area contributed by atoms with Crippen LogP contribution in [-0.2, 0) is 11.2 Å². The van der Waals surface area contributed by atoms with Crippen LogP contribution in [0.1, 0.15) is 37.5 Å². The first-order valence-electron chi connectivity index (χ1n) is 7.26. The smallest absolute Gasteiger partial charge is 0.222 e. The molecule has 1 aromatic heterocycles. The zero-order valence-corrected chi connectivity index (χ0v) is 12.5. The Labute approximate surface area is 119 Å². The Hall–Kier alpha value is -0.870. The van der Waals surface area contributed by atoms with Gasteiger partial charge in [-0.25, -0.2) is 0 Å². The molecule has 4 heteroatoms. The summed E-state index contributed by atoms with van der Waals surface area (Å²) in [6, 6.07) is 4.49. The van der Waals surface area contributed by atoms with E-state index in [9.17, 15) is 4.79 Å². The number of piperidine rings is 1. The Morgan fingerprint density at radius 3 is 3.11 bits per heavy atom. The maximum absolute atomic E-state index is 12.2. The predicted molar refractivity (Wildman–Crippen MR) is 80.2 cm³/mol. The maximum Gasteiger partial charge on any atom is 0.222 e. The number of hydrogen-bond donors (Lipinski definition) is 1. The first kappa shape index (κ1) is 14.5. The van der Waals surface area contributed by atoms with Crippen molar-refractivity contribution < 1.29 is 4.79 Å². The highest BCUT2D eigenvalue weighted by Crippen LogP contribution is 2.20. The highest BCUT2D eigenvalue weighted by atomic mass is 32.1. The molecule has 19 heavy (non-hydrogen) atoms. The molecule has 0 spiro atoms. The van der Waals surface area contributed by atoms with Gasteiger partial charge in [0.2, 0.25) is 5.91 Å². The van der Waals surface area contributed by atoms with Crippen LogP contribution >= 0.6 is 11.3 Å². The number of rotatable bonds is 5. The Bertz CT molecular complexity index is 391. The standard InChI is InChI=1S/C15H24N2OS/c1-2-12-11-17(9-8-14(12)16)15(18)7-3-5-13-6-4-10-19-13/h4,6,10,12,14H,2-3,5,7-9,11,16H2,1H3. The molecule has 2 rings (SSSR count). The fourth-order valence-electron chi connectivity index (χ4n) is 2.74. The topological polar surface area (TPSA) is 46.3 Å². The van der Waals surface area contributed by atoms with Gasteiger partial charge in [-0.15, -0.1) is 11.3 Å². The van der Waals surface area contributed by atoms with E-state index in [0.717, 1.165) is 38.8 Å². The molecule has 1 aliphatic rings. The second kappa shape index (κ2) is 7.06. The van der Waals surface area contributed by atoms with E-state index in [1.165, 1.54) is 4.88 Å². The Morgan fingerprint density at radius 2 is 2.42 bits per heavy atom. The average molecular weight is 280 g/mol. The van der Waals surface area contributed by atoms with Crippen molar-refractivity contribution in [1.82, 2.24) is 4.90 Å². The number of thiophene rings is 1. The van der Waals surface area contributed by atoms with Gasteiger partial charge >= 0.3 is 0 Å². The van der Waals surface area contributed by atoms with Gasteiger partial charge in [0.15, 0.2) is 0 Å². The second-order valence-electron chi connectivity index (χ2n) is 5.39. The predicted octanol–water partition coefficient (Wildman–Crippen LogP) is 2.66. The molecule has 1 aromatic rings. The van der Waals surface area contributed by atoms with Crippen molar-refractivity contribution in [2.45, 2.75) is 45.1 Å². The summed E-state index contributed by atoms with van der Waals surface area (Å²) < 4.78 is 0. The molecule has 0 radical (unpaired) electrons. The first-order valence-corrected chi connectivity index (χ1v) is 8.14. The molecule has 1 amide bonds. The van der Waals surface area contributed by atoms with E-state index in [2.05, 4.69) is 24.4 Å². The number of likely N-dealkylation sites (tertiary alicyclic amines) is 1. The summed E-state index contributed by atoms with van der Waals surface area (Å²) in [6.07, 6.45) is 4.67. The minimum absolute atomic E-state index is 0.278. The van der Waals surface area contributed by atoms with E-state index in [0.29, 0.717) is 18.2 Å². The maximum atomic E-state index is 12.2. The van der Waals surface area contributed by atoms with Crippen molar-refractivity contribution in [2.24, 2.45) is 11.7 Å². The van der Waals surface area contributed by atoms with Gasteiger partial charge in [0, 0.05) is 30.4 Å². The third-order valence-electron chi connectivity index (χ3n) is 4.06. The van der Waals surface area contributed by atoms with Crippen molar-refractivity contribution in [3.8, 4) is 0 Å². The average Bonchev–Trinajstić information content (AvgIpc) is 2.92. The van der Waals surface area contributed by atoms with Crippen molar-refractivity contribution in [1.29, 1.82) is 0 Å². The third kappa shape index (κ3) is 4.05. The molecule has 0 saturated carbocycles. The monoisotopic (exact) mass is 280 g/mol. The molecule has 1 fully saturated rings. The molecule has 2 heterocycles. The Morgan fingerprint density at radius 1 is 1.58 bits per heavy atom. The minimum Gasteiger partial charge on any atom is -0.342 e. The first-order chi connectivity index (χ1) is 9.20. The molecule has 1 saturated heterocycles. The fraction of sp³-hybridized carbons (Fsp3) is 0.667. The van der Waals surface area contributed by atoms with Crippen LogP contribution in [0, 0.1) is 5.92 Å². The molecular weight excluding hydrogens is 256 g/mol. The summed E-state index contributed by atoms with van der Waals surface area (Å²) in [4.78, 5) is 15.6. The number of carbonyl (C=O) groups is 1. The molecule has 106 valence electrons. The summed E-state index contributed by atoms with van der Waals surface area (Å²) in [6.45, 7) is 3.86. The second-order valence-corrected chi connectivity index (χ2v) is 6.43. The number of carbonyl (C=O) groups excluding carboxylic acids is 1. The van der Waals surface area contributed by atoms with Gasteiger partial charge in [0.25, 0.3) is 0 Å². The van der Waals surface area contributed by atoms with Crippen LogP contribution in [0.25, 0.3) is 0 Å². The van der Waals surface area contributed by atoms with Gasteiger partial charge in [-0.3, -0.25) is 4.79 Å². The van der Waals surface area contributed by atoms with Crippen LogP contribution < -0.4 is 5.73 Å². The Balaban J connectivity index is 1.73. The van der Waals surface area contributed by atoms with Gasteiger partial charge in [0.05, 0.1) is 0 Å². The zero-order valence-electron chi connectivity index (χ0n) is 11.7. The molecule has 1 aliphatic heterocycles. The van der Waals surface area contributed by atoms with Gasteiger partial charge in [0.1, 0.15) is 0 Å². The molecule has 2 N–H and O–H groups in total.